The van der Waals surface area contributed by atoms with Gasteiger partial charge < -0.3 is 14.5 Å². The van der Waals surface area contributed by atoms with Gasteiger partial charge in [-0.25, -0.2) is 8.42 Å². The van der Waals surface area contributed by atoms with Gasteiger partial charge in [0.2, 0.25) is 5.91 Å². The molecule has 0 radical (unpaired) electrons. The Morgan fingerprint density at radius 2 is 1.96 bits per heavy atom. The molecule has 0 aromatic carbocycles. The Morgan fingerprint density at radius 3 is 2.65 bits per heavy atom. The van der Waals surface area contributed by atoms with E-state index in [2.05, 4.69) is 9.80 Å². The monoisotopic (exact) mass is 344 g/mol. The standard InChI is InChI=1S/C16H28N2O4S/c1-23(20,21)12-9-17-8-6-16(13-17)5-2-7-18(15(16)19)14-3-10-22-11-4-14/h14H,2-13H2,1H3/t16-/m0/s1. The molecule has 3 rings (SSSR count). The molecule has 0 saturated carbocycles. The summed E-state index contributed by atoms with van der Waals surface area (Å²) in [6, 6.07) is 0.332. The van der Waals surface area contributed by atoms with E-state index in [1.807, 2.05) is 0 Å². The first-order chi connectivity index (χ1) is 10.9. The number of likely N-dealkylation sites (tertiary alicyclic amines) is 2. The van der Waals surface area contributed by atoms with Crippen molar-refractivity contribution >= 4 is 15.7 Å². The predicted octanol–water partition coefficient (Wildman–Crippen LogP) is 0.525. The van der Waals surface area contributed by atoms with Crippen LogP contribution in [-0.4, -0.2) is 81.6 Å². The summed E-state index contributed by atoms with van der Waals surface area (Å²) in [5, 5.41) is 0. The lowest BCUT2D eigenvalue weighted by molar-refractivity contribution is -0.150. The Hall–Kier alpha value is -0.660. The van der Waals surface area contributed by atoms with E-state index in [0.29, 0.717) is 18.5 Å². The van der Waals surface area contributed by atoms with Gasteiger partial charge in [-0.2, -0.15) is 0 Å². The van der Waals surface area contributed by atoms with Crippen molar-refractivity contribution in [2.45, 2.75) is 38.1 Å². The fourth-order valence-corrected chi connectivity index (χ4v) is 4.86. The molecule has 0 aromatic rings. The zero-order valence-electron chi connectivity index (χ0n) is 14.0. The molecule has 3 aliphatic heterocycles. The maximum absolute atomic E-state index is 13.1. The van der Waals surface area contributed by atoms with E-state index >= 15 is 0 Å². The van der Waals surface area contributed by atoms with Crippen LogP contribution < -0.4 is 0 Å². The van der Waals surface area contributed by atoms with Crippen LogP contribution in [0.15, 0.2) is 0 Å². The van der Waals surface area contributed by atoms with Crippen molar-refractivity contribution in [3.05, 3.63) is 0 Å². The normalized spacial score (nSPS) is 31.2. The molecule has 0 bridgehead atoms. The van der Waals surface area contributed by atoms with Gasteiger partial charge in [0.15, 0.2) is 0 Å². The third-order valence-corrected chi connectivity index (χ3v) is 6.54. The molecule has 6 nitrogen and oxygen atoms in total. The number of piperidine rings is 1. The first-order valence-corrected chi connectivity index (χ1v) is 10.7. The van der Waals surface area contributed by atoms with Crippen molar-refractivity contribution in [1.29, 1.82) is 0 Å². The van der Waals surface area contributed by atoms with E-state index in [1.165, 1.54) is 6.26 Å². The maximum atomic E-state index is 13.1. The number of nitrogens with zero attached hydrogens (tertiary/aromatic N) is 2. The summed E-state index contributed by atoms with van der Waals surface area (Å²) in [6.45, 7) is 4.48. The second kappa shape index (κ2) is 6.69. The van der Waals surface area contributed by atoms with E-state index in [4.69, 9.17) is 4.74 Å². The Labute approximate surface area is 139 Å². The molecule has 3 saturated heterocycles. The molecule has 1 spiro atoms. The molecule has 0 aromatic heterocycles. The molecule has 3 heterocycles. The van der Waals surface area contributed by atoms with Gasteiger partial charge in [0.05, 0.1) is 11.2 Å². The highest BCUT2D eigenvalue weighted by Crippen LogP contribution is 2.41. The lowest BCUT2D eigenvalue weighted by atomic mass is 9.77. The highest BCUT2D eigenvalue weighted by Gasteiger charge is 2.49. The van der Waals surface area contributed by atoms with Gasteiger partial charge in [-0.15, -0.1) is 0 Å². The highest BCUT2D eigenvalue weighted by molar-refractivity contribution is 7.90. The number of rotatable bonds is 4. The minimum Gasteiger partial charge on any atom is -0.381 e. The van der Waals surface area contributed by atoms with E-state index in [1.54, 1.807) is 0 Å². The van der Waals surface area contributed by atoms with Crippen molar-refractivity contribution in [1.82, 2.24) is 9.80 Å². The smallest absolute Gasteiger partial charge is 0.230 e. The Morgan fingerprint density at radius 1 is 1.22 bits per heavy atom. The summed E-state index contributed by atoms with van der Waals surface area (Å²) >= 11 is 0. The molecule has 132 valence electrons. The maximum Gasteiger partial charge on any atom is 0.230 e. The van der Waals surface area contributed by atoms with Gasteiger partial charge in [0.25, 0.3) is 0 Å². The van der Waals surface area contributed by atoms with Crippen molar-refractivity contribution in [3.63, 3.8) is 0 Å². The van der Waals surface area contributed by atoms with E-state index in [9.17, 15) is 13.2 Å². The number of hydrogen-bond donors (Lipinski definition) is 0. The van der Waals surface area contributed by atoms with Crippen LogP contribution in [0.4, 0.5) is 0 Å². The third kappa shape index (κ3) is 3.88. The zero-order valence-corrected chi connectivity index (χ0v) is 14.8. The lowest BCUT2D eigenvalue weighted by Crippen LogP contribution is -2.55. The summed E-state index contributed by atoms with van der Waals surface area (Å²) in [7, 11) is -2.95. The minimum atomic E-state index is -2.95. The zero-order chi connectivity index (χ0) is 16.5. The van der Waals surface area contributed by atoms with Crippen LogP contribution in [0.1, 0.15) is 32.1 Å². The molecular weight excluding hydrogens is 316 g/mol. The predicted molar refractivity (Wildman–Crippen MR) is 88.0 cm³/mol. The molecule has 3 aliphatic rings. The van der Waals surface area contributed by atoms with Crippen LogP contribution in [-0.2, 0) is 19.4 Å². The van der Waals surface area contributed by atoms with Gasteiger partial charge in [-0.1, -0.05) is 0 Å². The number of ether oxygens (including phenoxy) is 1. The third-order valence-electron chi connectivity index (χ3n) is 5.61. The molecule has 7 heteroatoms. The first-order valence-electron chi connectivity index (χ1n) is 8.69. The summed E-state index contributed by atoms with van der Waals surface area (Å²) in [6.07, 6.45) is 6.04. The fraction of sp³-hybridized carbons (Fsp3) is 0.938. The number of sulfone groups is 1. The van der Waals surface area contributed by atoms with Gasteiger partial charge in [-0.05, 0) is 38.6 Å². The number of amides is 1. The van der Waals surface area contributed by atoms with Gasteiger partial charge in [-0.3, -0.25) is 4.79 Å². The van der Waals surface area contributed by atoms with Gasteiger partial charge in [0, 0.05) is 45.1 Å². The Kier molecular flexibility index (Phi) is 4.99. The van der Waals surface area contributed by atoms with Crippen molar-refractivity contribution < 1.29 is 17.9 Å². The van der Waals surface area contributed by atoms with Crippen molar-refractivity contribution in [2.75, 3.05) is 51.4 Å². The second-order valence-corrected chi connectivity index (χ2v) is 9.64. The van der Waals surface area contributed by atoms with Crippen LogP contribution in [0.3, 0.4) is 0 Å². The summed E-state index contributed by atoms with van der Waals surface area (Å²) in [5.41, 5.74) is -0.270. The second-order valence-electron chi connectivity index (χ2n) is 7.38. The molecule has 0 unspecified atom stereocenters. The number of carbonyl (C=O) groups is 1. The number of hydrogen-bond acceptors (Lipinski definition) is 5. The van der Waals surface area contributed by atoms with Gasteiger partial charge >= 0.3 is 0 Å². The van der Waals surface area contributed by atoms with E-state index < -0.39 is 9.84 Å². The average molecular weight is 344 g/mol. The van der Waals surface area contributed by atoms with Gasteiger partial charge in [0.1, 0.15) is 9.84 Å². The largest absolute Gasteiger partial charge is 0.381 e. The number of carbonyl (C=O) groups excluding carboxylic acids is 1. The Bertz CT molecular complexity index is 544. The topological polar surface area (TPSA) is 66.9 Å². The minimum absolute atomic E-state index is 0.181. The quantitative estimate of drug-likeness (QED) is 0.744. The molecule has 1 atom stereocenters. The van der Waals surface area contributed by atoms with Crippen LogP contribution >= 0.6 is 0 Å². The fourth-order valence-electron chi connectivity index (χ4n) is 4.27. The van der Waals surface area contributed by atoms with Crippen LogP contribution in [0, 0.1) is 5.41 Å². The first kappa shape index (κ1) is 17.2. The van der Waals surface area contributed by atoms with Crippen LogP contribution in [0.2, 0.25) is 0 Å². The molecule has 1 amide bonds. The molecular formula is C16H28N2O4S. The highest BCUT2D eigenvalue weighted by atomic mass is 32.2. The summed E-state index contributed by atoms with van der Waals surface area (Å²) in [5.74, 6) is 0.485. The molecule has 23 heavy (non-hydrogen) atoms. The molecule has 3 fully saturated rings. The summed E-state index contributed by atoms with van der Waals surface area (Å²) in [4.78, 5) is 17.4. The molecule has 0 aliphatic carbocycles. The average Bonchev–Trinajstić information content (AvgIpc) is 2.93. The van der Waals surface area contributed by atoms with Crippen molar-refractivity contribution in [3.8, 4) is 0 Å². The molecule has 0 N–H and O–H groups in total. The Balaban J connectivity index is 1.63. The van der Waals surface area contributed by atoms with Crippen molar-refractivity contribution in [2.24, 2.45) is 5.41 Å². The lowest BCUT2D eigenvalue weighted by Gasteiger charge is -2.44. The van der Waals surface area contributed by atoms with Crippen LogP contribution in [0.25, 0.3) is 0 Å². The van der Waals surface area contributed by atoms with E-state index in [0.717, 1.165) is 65.0 Å². The summed E-state index contributed by atoms with van der Waals surface area (Å²) < 4.78 is 28.2. The SMILES string of the molecule is CS(=O)(=O)CCN1CC[C@@]2(CCCN(C3CCOCC3)C2=O)C1. The van der Waals surface area contributed by atoms with Crippen LogP contribution in [0.5, 0.6) is 0 Å². The van der Waals surface area contributed by atoms with E-state index in [-0.39, 0.29) is 11.2 Å².